The van der Waals surface area contributed by atoms with Gasteiger partial charge >= 0.3 is 0 Å². The highest BCUT2D eigenvalue weighted by Crippen LogP contribution is 2.33. The Bertz CT molecular complexity index is 892. The zero-order valence-corrected chi connectivity index (χ0v) is 14.9. The van der Waals surface area contributed by atoms with Crippen molar-refractivity contribution in [2.45, 2.75) is 24.7 Å². The van der Waals surface area contributed by atoms with Crippen LogP contribution in [0.3, 0.4) is 0 Å². The molecule has 1 atom stereocenters. The van der Waals surface area contributed by atoms with Gasteiger partial charge in [-0.05, 0) is 49.7 Å². The molecule has 25 heavy (non-hydrogen) atoms. The molecule has 1 aliphatic heterocycles. The van der Waals surface area contributed by atoms with Crippen molar-refractivity contribution in [2.24, 2.45) is 0 Å². The van der Waals surface area contributed by atoms with Crippen LogP contribution in [-0.2, 0) is 14.8 Å². The molecule has 0 aliphatic carbocycles. The van der Waals surface area contributed by atoms with Gasteiger partial charge in [-0.2, -0.15) is 0 Å². The first-order valence-corrected chi connectivity index (χ1v) is 9.49. The summed E-state index contributed by atoms with van der Waals surface area (Å²) >= 11 is 0. The highest BCUT2D eigenvalue weighted by atomic mass is 32.2. The van der Waals surface area contributed by atoms with E-state index in [2.05, 4.69) is 10.0 Å². The molecular weight excluding hydrogens is 340 g/mol. The first kappa shape index (κ1) is 17.4. The SMILES string of the molecule is Cc1ccc(OCCNS(=O)(=O)c2ccc3c(c2)[C@@H](C)C(=O)N3)cc1. The van der Waals surface area contributed by atoms with E-state index in [1.54, 1.807) is 19.1 Å². The van der Waals surface area contributed by atoms with Gasteiger partial charge in [-0.1, -0.05) is 17.7 Å². The van der Waals surface area contributed by atoms with Gasteiger partial charge in [0.15, 0.2) is 0 Å². The molecule has 0 aromatic heterocycles. The van der Waals surface area contributed by atoms with E-state index in [-0.39, 0.29) is 29.9 Å². The van der Waals surface area contributed by atoms with Gasteiger partial charge in [-0.3, -0.25) is 4.79 Å². The summed E-state index contributed by atoms with van der Waals surface area (Å²) in [7, 11) is -3.65. The molecule has 1 heterocycles. The number of carbonyl (C=O) groups is 1. The third-order valence-electron chi connectivity index (χ3n) is 4.13. The third kappa shape index (κ3) is 3.83. The molecule has 2 N–H and O–H groups in total. The number of carbonyl (C=O) groups excluding carboxylic acids is 1. The number of fused-ring (bicyclic) bond motifs is 1. The van der Waals surface area contributed by atoms with Crippen molar-refractivity contribution in [3.8, 4) is 5.75 Å². The Morgan fingerprint density at radius 2 is 1.88 bits per heavy atom. The number of hydrogen-bond acceptors (Lipinski definition) is 4. The van der Waals surface area contributed by atoms with Gasteiger partial charge in [-0.25, -0.2) is 13.1 Å². The van der Waals surface area contributed by atoms with Gasteiger partial charge < -0.3 is 10.1 Å². The quantitative estimate of drug-likeness (QED) is 0.775. The molecule has 132 valence electrons. The molecule has 2 aromatic rings. The van der Waals surface area contributed by atoms with E-state index >= 15 is 0 Å². The molecule has 0 unspecified atom stereocenters. The second-order valence-corrected chi connectivity index (χ2v) is 7.79. The molecule has 0 bridgehead atoms. The van der Waals surface area contributed by atoms with Gasteiger partial charge in [0.05, 0.1) is 10.8 Å². The maximum Gasteiger partial charge on any atom is 0.240 e. The van der Waals surface area contributed by atoms with Crippen LogP contribution in [0, 0.1) is 6.92 Å². The minimum absolute atomic E-state index is 0.121. The fraction of sp³-hybridized carbons (Fsp3) is 0.278. The minimum Gasteiger partial charge on any atom is -0.492 e. The molecule has 0 fully saturated rings. The number of anilines is 1. The van der Waals surface area contributed by atoms with Crippen LogP contribution in [0.15, 0.2) is 47.4 Å². The standard InChI is InChI=1S/C18H20N2O4S/c1-12-3-5-14(6-4-12)24-10-9-19-25(22,23)15-7-8-17-16(11-15)13(2)18(21)20-17/h3-8,11,13,19H,9-10H2,1-2H3,(H,20,21)/t13-/m1/s1. The predicted octanol–water partition coefficient (Wildman–Crippen LogP) is 2.41. The smallest absolute Gasteiger partial charge is 0.240 e. The van der Waals surface area contributed by atoms with Crippen LogP contribution < -0.4 is 14.8 Å². The van der Waals surface area contributed by atoms with E-state index in [0.29, 0.717) is 17.0 Å². The van der Waals surface area contributed by atoms with Crippen LogP contribution in [0.4, 0.5) is 5.69 Å². The van der Waals surface area contributed by atoms with E-state index in [9.17, 15) is 13.2 Å². The van der Waals surface area contributed by atoms with Crippen LogP contribution in [0.25, 0.3) is 0 Å². The van der Waals surface area contributed by atoms with Crippen molar-refractivity contribution < 1.29 is 17.9 Å². The van der Waals surface area contributed by atoms with Crippen molar-refractivity contribution in [1.29, 1.82) is 0 Å². The van der Waals surface area contributed by atoms with Crippen molar-refractivity contribution >= 4 is 21.6 Å². The second-order valence-electron chi connectivity index (χ2n) is 6.02. The molecule has 0 radical (unpaired) electrons. The molecule has 0 saturated heterocycles. The maximum atomic E-state index is 12.4. The van der Waals surface area contributed by atoms with Crippen molar-refractivity contribution in [3.63, 3.8) is 0 Å². The first-order valence-electron chi connectivity index (χ1n) is 8.01. The van der Waals surface area contributed by atoms with E-state index in [4.69, 9.17) is 4.74 Å². The fourth-order valence-corrected chi connectivity index (χ4v) is 3.67. The normalized spacial score (nSPS) is 16.4. The summed E-state index contributed by atoms with van der Waals surface area (Å²) < 4.78 is 32.8. The Balaban J connectivity index is 1.61. The van der Waals surface area contributed by atoms with Crippen LogP contribution in [-0.4, -0.2) is 27.5 Å². The predicted molar refractivity (Wildman–Crippen MR) is 95.3 cm³/mol. The molecule has 1 amide bonds. The number of hydrogen-bond donors (Lipinski definition) is 2. The van der Waals surface area contributed by atoms with Crippen LogP contribution in [0.5, 0.6) is 5.75 Å². The Hall–Kier alpha value is -2.38. The lowest BCUT2D eigenvalue weighted by Crippen LogP contribution is -2.28. The van der Waals surface area contributed by atoms with E-state index in [1.807, 2.05) is 31.2 Å². The van der Waals surface area contributed by atoms with E-state index in [0.717, 1.165) is 5.56 Å². The van der Waals surface area contributed by atoms with Crippen LogP contribution in [0.2, 0.25) is 0 Å². The lowest BCUT2D eigenvalue weighted by molar-refractivity contribution is -0.116. The number of aryl methyl sites for hydroxylation is 1. The molecular formula is C18H20N2O4S. The topological polar surface area (TPSA) is 84.5 Å². The number of ether oxygens (including phenoxy) is 1. The zero-order chi connectivity index (χ0) is 18.0. The van der Waals surface area contributed by atoms with Crippen molar-refractivity contribution in [3.05, 3.63) is 53.6 Å². The van der Waals surface area contributed by atoms with Gasteiger partial charge in [0.1, 0.15) is 12.4 Å². The Morgan fingerprint density at radius 1 is 1.16 bits per heavy atom. The van der Waals surface area contributed by atoms with E-state index < -0.39 is 10.0 Å². The Labute approximate surface area is 147 Å². The van der Waals surface area contributed by atoms with E-state index in [1.165, 1.54) is 6.07 Å². The number of sulfonamides is 1. The summed E-state index contributed by atoms with van der Waals surface area (Å²) in [6.07, 6.45) is 0. The number of amides is 1. The summed E-state index contributed by atoms with van der Waals surface area (Å²) in [5.74, 6) is 0.222. The number of nitrogens with one attached hydrogen (secondary N) is 2. The Morgan fingerprint density at radius 3 is 2.60 bits per heavy atom. The monoisotopic (exact) mass is 360 g/mol. The lowest BCUT2D eigenvalue weighted by atomic mass is 10.0. The molecule has 7 heteroatoms. The minimum atomic E-state index is -3.65. The molecule has 1 aliphatic rings. The summed E-state index contributed by atoms with van der Waals surface area (Å²) in [6, 6.07) is 12.2. The van der Waals surface area contributed by atoms with Gasteiger partial charge in [0.25, 0.3) is 0 Å². The molecule has 0 saturated carbocycles. The third-order valence-corrected chi connectivity index (χ3v) is 5.59. The van der Waals surface area contributed by atoms with Crippen LogP contribution >= 0.6 is 0 Å². The number of benzene rings is 2. The summed E-state index contributed by atoms with van der Waals surface area (Å²) in [4.78, 5) is 11.8. The fourth-order valence-electron chi connectivity index (χ4n) is 2.63. The molecule has 3 rings (SSSR count). The first-order chi connectivity index (χ1) is 11.9. The summed E-state index contributed by atoms with van der Waals surface area (Å²) in [6.45, 7) is 4.11. The van der Waals surface area contributed by atoms with Gasteiger partial charge in [-0.15, -0.1) is 0 Å². The summed E-state index contributed by atoms with van der Waals surface area (Å²) in [5.41, 5.74) is 2.50. The lowest BCUT2D eigenvalue weighted by Gasteiger charge is -2.10. The number of rotatable bonds is 6. The largest absolute Gasteiger partial charge is 0.492 e. The van der Waals surface area contributed by atoms with Crippen molar-refractivity contribution in [2.75, 3.05) is 18.5 Å². The zero-order valence-electron chi connectivity index (χ0n) is 14.1. The molecule has 6 nitrogen and oxygen atoms in total. The highest BCUT2D eigenvalue weighted by molar-refractivity contribution is 7.89. The highest BCUT2D eigenvalue weighted by Gasteiger charge is 2.28. The molecule has 2 aromatic carbocycles. The maximum absolute atomic E-state index is 12.4. The van der Waals surface area contributed by atoms with Gasteiger partial charge in [0.2, 0.25) is 15.9 Å². The van der Waals surface area contributed by atoms with Gasteiger partial charge in [0, 0.05) is 12.2 Å². The average Bonchev–Trinajstić information content (AvgIpc) is 2.87. The van der Waals surface area contributed by atoms with Crippen molar-refractivity contribution in [1.82, 2.24) is 4.72 Å². The second kappa shape index (κ2) is 6.85. The molecule has 0 spiro atoms. The van der Waals surface area contributed by atoms with Crippen LogP contribution in [0.1, 0.15) is 24.0 Å². The Kier molecular flexibility index (Phi) is 4.78. The summed E-state index contributed by atoms with van der Waals surface area (Å²) in [5, 5.41) is 2.73. The average molecular weight is 360 g/mol.